The van der Waals surface area contributed by atoms with Crippen LogP contribution in [0.25, 0.3) is 0 Å². The maximum atomic E-state index is 11.6. The van der Waals surface area contributed by atoms with Gasteiger partial charge in [0.25, 0.3) is 0 Å². The number of carbonyl (C=O) groups excluding carboxylic acids is 1. The minimum absolute atomic E-state index is 0.109. The predicted molar refractivity (Wildman–Crippen MR) is 50.1 cm³/mol. The molecule has 2 atom stereocenters. The molecular weight excluding hydrogens is 166 g/mol. The highest BCUT2D eigenvalue weighted by Gasteiger charge is 2.61. The largest absolute Gasteiger partial charge is 0.352 e. The Morgan fingerprint density at radius 3 is 2.85 bits per heavy atom. The van der Waals surface area contributed by atoms with Crippen molar-refractivity contribution in [3.05, 3.63) is 0 Å². The molecule has 4 N–H and O–H groups in total. The Kier molecular flexibility index (Phi) is 2.04. The van der Waals surface area contributed by atoms with Gasteiger partial charge in [0.15, 0.2) is 0 Å². The lowest BCUT2D eigenvalue weighted by molar-refractivity contribution is -0.124. The highest BCUT2D eigenvalue weighted by Crippen LogP contribution is 2.55. The Labute approximate surface area is 78.2 Å². The summed E-state index contributed by atoms with van der Waals surface area (Å²) in [5.41, 5.74) is 5.76. The van der Waals surface area contributed by atoms with Gasteiger partial charge < -0.3 is 16.4 Å². The van der Waals surface area contributed by atoms with Crippen LogP contribution in [0.1, 0.15) is 13.3 Å². The SMILES string of the molecule is C[C@@H](CN)NC(=O)C1CC12CNC2. The molecule has 1 aliphatic carbocycles. The molecule has 1 heterocycles. The third kappa shape index (κ3) is 1.44. The van der Waals surface area contributed by atoms with Gasteiger partial charge in [0.1, 0.15) is 0 Å². The summed E-state index contributed by atoms with van der Waals surface area (Å²) in [6, 6.07) is 0.109. The lowest BCUT2D eigenvalue weighted by Crippen LogP contribution is -2.48. The van der Waals surface area contributed by atoms with Crippen molar-refractivity contribution in [2.75, 3.05) is 19.6 Å². The lowest BCUT2D eigenvalue weighted by Gasteiger charge is -2.28. The van der Waals surface area contributed by atoms with Crippen LogP contribution in [-0.4, -0.2) is 31.6 Å². The Morgan fingerprint density at radius 1 is 1.77 bits per heavy atom. The second-order valence-corrected chi connectivity index (χ2v) is 4.37. The van der Waals surface area contributed by atoms with Crippen LogP contribution in [0.4, 0.5) is 0 Å². The molecule has 0 aromatic carbocycles. The van der Waals surface area contributed by atoms with Crippen molar-refractivity contribution >= 4 is 5.91 Å². The van der Waals surface area contributed by atoms with Crippen molar-refractivity contribution in [1.29, 1.82) is 0 Å². The second-order valence-electron chi connectivity index (χ2n) is 4.37. The smallest absolute Gasteiger partial charge is 0.224 e. The summed E-state index contributed by atoms with van der Waals surface area (Å²) in [4.78, 5) is 11.6. The normalized spacial score (nSPS) is 30.8. The number of nitrogens with one attached hydrogen (secondary N) is 2. The van der Waals surface area contributed by atoms with Crippen LogP contribution in [0.2, 0.25) is 0 Å². The Balaban J connectivity index is 1.79. The molecule has 1 unspecified atom stereocenters. The van der Waals surface area contributed by atoms with E-state index in [2.05, 4.69) is 10.6 Å². The number of hydrogen-bond acceptors (Lipinski definition) is 3. The van der Waals surface area contributed by atoms with E-state index in [9.17, 15) is 4.79 Å². The van der Waals surface area contributed by atoms with Crippen molar-refractivity contribution in [3.63, 3.8) is 0 Å². The maximum absolute atomic E-state index is 11.6. The average molecular weight is 183 g/mol. The summed E-state index contributed by atoms with van der Waals surface area (Å²) in [7, 11) is 0. The molecule has 2 rings (SSSR count). The lowest BCUT2D eigenvalue weighted by atomic mass is 9.96. The Bertz CT molecular complexity index is 225. The fourth-order valence-electron chi connectivity index (χ4n) is 1.96. The minimum atomic E-state index is 0.109. The number of hydrogen-bond donors (Lipinski definition) is 3. The fourth-order valence-corrected chi connectivity index (χ4v) is 1.96. The van der Waals surface area contributed by atoms with E-state index in [0.29, 0.717) is 12.0 Å². The predicted octanol–water partition coefficient (Wildman–Crippen LogP) is -0.941. The van der Waals surface area contributed by atoms with E-state index >= 15 is 0 Å². The first kappa shape index (κ1) is 8.97. The zero-order valence-corrected chi connectivity index (χ0v) is 7.97. The van der Waals surface area contributed by atoms with Gasteiger partial charge in [0.05, 0.1) is 0 Å². The van der Waals surface area contributed by atoms with E-state index in [1.165, 1.54) is 0 Å². The van der Waals surface area contributed by atoms with Crippen molar-refractivity contribution < 1.29 is 4.79 Å². The van der Waals surface area contributed by atoms with Crippen LogP contribution >= 0.6 is 0 Å². The van der Waals surface area contributed by atoms with Crippen LogP contribution in [0.15, 0.2) is 0 Å². The molecule has 1 saturated heterocycles. The molecule has 2 fully saturated rings. The Hall–Kier alpha value is -0.610. The number of nitrogens with two attached hydrogens (primary N) is 1. The van der Waals surface area contributed by atoms with Crippen molar-refractivity contribution in [2.45, 2.75) is 19.4 Å². The van der Waals surface area contributed by atoms with Crippen LogP contribution in [0.3, 0.4) is 0 Å². The molecule has 74 valence electrons. The first-order valence-electron chi connectivity index (χ1n) is 4.89. The van der Waals surface area contributed by atoms with Gasteiger partial charge in [-0.05, 0) is 13.3 Å². The van der Waals surface area contributed by atoms with Gasteiger partial charge in [-0.3, -0.25) is 4.79 Å². The van der Waals surface area contributed by atoms with Crippen LogP contribution in [0.5, 0.6) is 0 Å². The van der Waals surface area contributed by atoms with E-state index in [-0.39, 0.29) is 17.9 Å². The summed E-state index contributed by atoms with van der Waals surface area (Å²) in [6.45, 7) is 4.49. The molecule has 0 aromatic rings. The van der Waals surface area contributed by atoms with Gasteiger partial charge in [-0.15, -0.1) is 0 Å². The van der Waals surface area contributed by atoms with E-state index in [1.54, 1.807) is 0 Å². The molecule has 1 saturated carbocycles. The third-order valence-electron chi connectivity index (χ3n) is 3.20. The molecule has 0 radical (unpaired) electrons. The molecule has 4 nitrogen and oxygen atoms in total. The molecule has 0 aromatic heterocycles. The molecule has 13 heavy (non-hydrogen) atoms. The van der Waals surface area contributed by atoms with Crippen LogP contribution < -0.4 is 16.4 Å². The van der Waals surface area contributed by atoms with E-state index in [1.807, 2.05) is 6.92 Å². The molecule has 4 heteroatoms. The van der Waals surface area contributed by atoms with E-state index < -0.39 is 0 Å². The quantitative estimate of drug-likeness (QED) is 0.529. The van der Waals surface area contributed by atoms with Gasteiger partial charge in [0, 0.05) is 37.0 Å². The maximum Gasteiger partial charge on any atom is 0.224 e. The Morgan fingerprint density at radius 2 is 2.46 bits per heavy atom. The van der Waals surface area contributed by atoms with Crippen molar-refractivity contribution in [3.8, 4) is 0 Å². The van der Waals surface area contributed by atoms with Gasteiger partial charge in [-0.2, -0.15) is 0 Å². The summed E-state index contributed by atoms with van der Waals surface area (Å²) in [6.07, 6.45) is 1.06. The van der Waals surface area contributed by atoms with Gasteiger partial charge in [-0.25, -0.2) is 0 Å². The van der Waals surface area contributed by atoms with Crippen LogP contribution in [0, 0.1) is 11.3 Å². The molecule has 1 aliphatic heterocycles. The first-order valence-corrected chi connectivity index (χ1v) is 4.89. The number of carbonyl (C=O) groups is 1. The first-order chi connectivity index (χ1) is 6.18. The summed E-state index contributed by atoms with van der Waals surface area (Å²) < 4.78 is 0. The second kappa shape index (κ2) is 2.96. The summed E-state index contributed by atoms with van der Waals surface area (Å²) in [5, 5.41) is 6.13. The highest BCUT2D eigenvalue weighted by molar-refractivity contribution is 5.83. The monoisotopic (exact) mass is 183 g/mol. The van der Waals surface area contributed by atoms with Gasteiger partial charge in [0.2, 0.25) is 5.91 Å². The fraction of sp³-hybridized carbons (Fsp3) is 0.889. The van der Waals surface area contributed by atoms with Crippen LogP contribution in [-0.2, 0) is 4.79 Å². The number of rotatable bonds is 3. The number of amides is 1. The minimum Gasteiger partial charge on any atom is -0.352 e. The highest BCUT2D eigenvalue weighted by atomic mass is 16.2. The standard InChI is InChI=1S/C9H17N3O/c1-6(3-10)12-8(13)7-2-9(7)4-11-5-9/h6-7,11H,2-5,10H2,1H3,(H,12,13)/t6-,7?/m0/s1. The molecule has 1 spiro atoms. The molecule has 2 aliphatic rings. The topological polar surface area (TPSA) is 67.1 Å². The summed E-state index contributed by atoms with van der Waals surface area (Å²) >= 11 is 0. The van der Waals surface area contributed by atoms with Gasteiger partial charge >= 0.3 is 0 Å². The molecule has 1 amide bonds. The van der Waals surface area contributed by atoms with E-state index in [4.69, 9.17) is 5.73 Å². The van der Waals surface area contributed by atoms with Crippen molar-refractivity contribution in [1.82, 2.24) is 10.6 Å². The van der Waals surface area contributed by atoms with Gasteiger partial charge in [-0.1, -0.05) is 0 Å². The van der Waals surface area contributed by atoms with Crippen molar-refractivity contribution in [2.24, 2.45) is 17.1 Å². The molecule has 0 bridgehead atoms. The zero-order valence-electron chi connectivity index (χ0n) is 7.97. The van der Waals surface area contributed by atoms with E-state index in [0.717, 1.165) is 19.5 Å². The molecular formula is C9H17N3O. The zero-order chi connectivity index (χ0) is 9.47. The summed E-state index contributed by atoms with van der Waals surface area (Å²) in [5.74, 6) is 0.446. The third-order valence-corrected chi connectivity index (χ3v) is 3.20. The average Bonchev–Trinajstić information content (AvgIpc) is 2.77.